The van der Waals surface area contributed by atoms with E-state index >= 15 is 0 Å². The van der Waals surface area contributed by atoms with Crippen molar-refractivity contribution in [3.05, 3.63) is 42.0 Å². The third kappa shape index (κ3) is 4.07. The molecule has 3 heteroatoms. The average Bonchev–Trinajstić information content (AvgIpc) is 2.64. The Bertz CT molecular complexity index is 581. The molecule has 4 atom stereocenters. The van der Waals surface area contributed by atoms with Crippen LogP contribution in [0.2, 0.25) is 0 Å². The summed E-state index contributed by atoms with van der Waals surface area (Å²) < 4.78 is 0. The molecule has 3 nitrogen and oxygen atoms in total. The number of hydrogen-bond donors (Lipinski definition) is 2. The molecule has 1 heterocycles. The molecule has 1 unspecified atom stereocenters. The highest BCUT2D eigenvalue weighted by molar-refractivity contribution is 5.80. The van der Waals surface area contributed by atoms with Crippen LogP contribution in [0.5, 0.6) is 0 Å². The zero-order valence-corrected chi connectivity index (χ0v) is 15.1. The molecule has 1 saturated carbocycles. The molecule has 1 aromatic carbocycles. The molecular formula is C21H31N2O+. The Morgan fingerprint density at radius 1 is 1.21 bits per heavy atom. The van der Waals surface area contributed by atoms with Crippen LogP contribution in [0.1, 0.15) is 51.5 Å². The van der Waals surface area contributed by atoms with Gasteiger partial charge >= 0.3 is 0 Å². The van der Waals surface area contributed by atoms with Crippen molar-refractivity contribution < 1.29 is 9.69 Å². The van der Waals surface area contributed by atoms with Gasteiger partial charge in [-0.25, -0.2) is 0 Å². The minimum absolute atomic E-state index is 0.0349. The maximum Gasteiger partial charge on any atom is 0.278 e. The van der Waals surface area contributed by atoms with Crippen molar-refractivity contribution in [3.8, 4) is 0 Å². The summed E-state index contributed by atoms with van der Waals surface area (Å²) in [5.74, 6) is 0.858. The molecule has 1 fully saturated rings. The van der Waals surface area contributed by atoms with Gasteiger partial charge < -0.3 is 10.2 Å². The van der Waals surface area contributed by atoms with Crippen LogP contribution in [0.25, 0.3) is 5.57 Å². The van der Waals surface area contributed by atoms with Gasteiger partial charge in [-0.1, -0.05) is 50.1 Å². The van der Waals surface area contributed by atoms with E-state index in [2.05, 4.69) is 55.6 Å². The number of carbonyl (C=O) groups is 1. The van der Waals surface area contributed by atoms with E-state index in [0.717, 1.165) is 25.9 Å². The Balaban J connectivity index is 1.55. The number of carbonyl (C=O) groups excluding carboxylic acids is 1. The first-order chi connectivity index (χ1) is 11.6. The Labute approximate surface area is 146 Å². The maximum atomic E-state index is 12.7. The van der Waals surface area contributed by atoms with Gasteiger partial charge in [0.2, 0.25) is 0 Å². The van der Waals surface area contributed by atoms with Gasteiger partial charge in [-0.15, -0.1) is 0 Å². The molecule has 2 aliphatic rings. The monoisotopic (exact) mass is 327 g/mol. The van der Waals surface area contributed by atoms with E-state index in [1.807, 2.05) is 0 Å². The number of rotatable bonds is 4. The third-order valence-corrected chi connectivity index (χ3v) is 5.92. The first kappa shape index (κ1) is 17.2. The van der Waals surface area contributed by atoms with E-state index in [1.165, 1.54) is 35.3 Å². The minimum atomic E-state index is 0.0349. The van der Waals surface area contributed by atoms with Crippen molar-refractivity contribution in [2.24, 2.45) is 5.92 Å². The quantitative estimate of drug-likeness (QED) is 0.875. The summed E-state index contributed by atoms with van der Waals surface area (Å²) in [5, 5.41) is 3.33. The van der Waals surface area contributed by atoms with Crippen molar-refractivity contribution in [1.29, 1.82) is 0 Å². The molecule has 0 aromatic heterocycles. The molecule has 1 amide bonds. The molecule has 1 aliphatic heterocycles. The molecule has 0 radical (unpaired) electrons. The van der Waals surface area contributed by atoms with E-state index in [0.29, 0.717) is 12.0 Å². The Morgan fingerprint density at radius 2 is 1.96 bits per heavy atom. The van der Waals surface area contributed by atoms with E-state index in [4.69, 9.17) is 0 Å². The Hall–Kier alpha value is -1.61. The van der Waals surface area contributed by atoms with Crippen molar-refractivity contribution in [2.45, 2.75) is 58.0 Å². The SMILES string of the molecule is C[C@H](C(=O)N[C@@H]1CCCC[C@@H]1C)[NH+]1CC=C(c2ccccc2)CC1. The Kier molecular flexibility index (Phi) is 5.72. The van der Waals surface area contributed by atoms with E-state index < -0.39 is 0 Å². The highest BCUT2D eigenvalue weighted by atomic mass is 16.2. The van der Waals surface area contributed by atoms with Gasteiger partial charge in [-0.2, -0.15) is 0 Å². The molecule has 130 valence electrons. The fourth-order valence-corrected chi connectivity index (χ4v) is 4.09. The van der Waals surface area contributed by atoms with Crippen molar-refractivity contribution in [2.75, 3.05) is 13.1 Å². The summed E-state index contributed by atoms with van der Waals surface area (Å²) in [4.78, 5) is 14.0. The first-order valence-electron chi connectivity index (χ1n) is 9.54. The lowest BCUT2D eigenvalue weighted by molar-refractivity contribution is -0.909. The zero-order chi connectivity index (χ0) is 16.9. The molecule has 0 saturated heterocycles. The summed E-state index contributed by atoms with van der Waals surface area (Å²) in [6.45, 7) is 6.34. The summed E-state index contributed by atoms with van der Waals surface area (Å²) in [7, 11) is 0. The van der Waals surface area contributed by atoms with Crippen LogP contribution in [-0.2, 0) is 4.79 Å². The molecule has 0 spiro atoms. The van der Waals surface area contributed by atoms with Gasteiger partial charge in [-0.3, -0.25) is 4.79 Å². The third-order valence-electron chi connectivity index (χ3n) is 5.92. The van der Waals surface area contributed by atoms with Crippen molar-refractivity contribution in [3.63, 3.8) is 0 Å². The van der Waals surface area contributed by atoms with Gasteiger partial charge in [0.1, 0.15) is 0 Å². The highest BCUT2D eigenvalue weighted by Crippen LogP contribution is 2.23. The second kappa shape index (κ2) is 7.98. The number of nitrogens with one attached hydrogen (secondary N) is 2. The lowest BCUT2D eigenvalue weighted by atomic mass is 9.86. The predicted octanol–water partition coefficient (Wildman–Crippen LogP) is 2.44. The van der Waals surface area contributed by atoms with Crippen molar-refractivity contribution in [1.82, 2.24) is 5.32 Å². The lowest BCUT2D eigenvalue weighted by Gasteiger charge is -2.33. The van der Waals surface area contributed by atoms with E-state index in [-0.39, 0.29) is 11.9 Å². The second-order valence-corrected chi connectivity index (χ2v) is 7.56. The van der Waals surface area contributed by atoms with Crippen LogP contribution in [0, 0.1) is 5.92 Å². The topological polar surface area (TPSA) is 33.5 Å². The largest absolute Gasteiger partial charge is 0.348 e. The predicted molar refractivity (Wildman–Crippen MR) is 98.8 cm³/mol. The molecule has 3 rings (SSSR count). The number of quaternary nitrogens is 1. The smallest absolute Gasteiger partial charge is 0.278 e. The maximum absolute atomic E-state index is 12.7. The fourth-order valence-electron chi connectivity index (χ4n) is 4.09. The van der Waals surface area contributed by atoms with Gasteiger partial charge in [0.25, 0.3) is 5.91 Å². The summed E-state index contributed by atoms with van der Waals surface area (Å²) in [6, 6.07) is 11.0. The first-order valence-corrected chi connectivity index (χ1v) is 9.54. The average molecular weight is 327 g/mol. The van der Waals surface area contributed by atoms with Crippen LogP contribution in [0.15, 0.2) is 36.4 Å². The molecule has 2 N–H and O–H groups in total. The summed E-state index contributed by atoms with van der Waals surface area (Å²) in [6.07, 6.45) is 8.33. The van der Waals surface area contributed by atoms with E-state index in [1.54, 1.807) is 0 Å². The molecule has 24 heavy (non-hydrogen) atoms. The second-order valence-electron chi connectivity index (χ2n) is 7.56. The lowest BCUT2D eigenvalue weighted by Crippen LogP contribution is -3.17. The van der Waals surface area contributed by atoms with Gasteiger partial charge in [0.15, 0.2) is 6.04 Å². The van der Waals surface area contributed by atoms with Gasteiger partial charge in [0, 0.05) is 12.5 Å². The number of amides is 1. The van der Waals surface area contributed by atoms with Crippen LogP contribution in [0.3, 0.4) is 0 Å². The molecular weight excluding hydrogens is 296 g/mol. The molecule has 0 bridgehead atoms. The van der Waals surface area contributed by atoms with Crippen molar-refractivity contribution >= 4 is 11.5 Å². The molecule has 1 aliphatic carbocycles. The van der Waals surface area contributed by atoms with Crippen LogP contribution < -0.4 is 10.2 Å². The van der Waals surface area contributed by atoms with E-state index in [9.17, 15) is 4.79 Å². The zero-order valence-electron chi connectivity index (χ0n) is 15.1. The fraction of sp³-hybridized carbons (Fsp3) is 0.571. The van der Waals surface area contributed by atoms with Crippen LogP contribution in [0.4, 0.5) is 0 Å². The van der Waals surface area contributed by atoms with Gasteiger partial charge in [0.05, 0.1) is 13.1 Å². The highest BCUT2D eigenvalue weighted by Gasteiger charge is 2.30. The summed E-state index contributed by atoms with van der Waals surface area (Å²) in [5.41, 5.74) is 2.75. The van der Waals surface area contributed by atoms with Crippen LogP contribution >= 0.6 is 0 Å². The Morgan fingerprint density at radius 3 is 2.62 bits per heavy atom. The standard InChI is InChI=1S/C21H30N2O/c1-16-8-6-7-11-20(16)22-21(24)17(2)23-14-12-19(13-15-23)18-9-4-3-5-10-18/h3-5,9-10,12,16-17,20H,6-8,11,13-15H2,1-2H3,(H,22,24)/p+1/t16-,17+,20+/m0/s1. The molecule has 1 aromatic rings. The normalized spacial score (nSPS) is 28.8. The number of hydrogen-bond acceptors (Lipinski definition) is 1. The summed E-state index contributed by atoms with van der Waals surface area (Å²) >= 11 is 0. The van der Waals surface area contributed by atoms with Gasteiger partial charge in [-0.05, 0) is 42.9 Å². The van der Waals surface area contributed by atoms with Crippen LogP contribution in [-0.4, -0.2) is 31.1 Å². The minimum Gasteiger partial charge on any atom is -0.348 e. The number of benzene rings is 1.